The van der Waals surface area contributed by atoms with E-state index in [1.807, 2.05) is 0 Å². The van der Waals surface area contributed by atoms with Crippen LogP contribution in [0.2, 0.25) is 5.31 Å². The highest BCUT2D eigenvalue weighted by Gasteiger charge is 2.43. The maximum atomic E-state index is 2.56. The molecule has 1 saturated carbocycles. The molecule has 0 amide bonds. The lowest BCUT2D eigenvalue weighted by Crippen LogP contribution is -2.32. The predicted molar refractivity (Wildman–Crippen MR) is 76.9 cm³/mol. The molecule has 0 N–H and O–H groups in total. The molecular weight excluding hydrogens is 191 g/mol. The fourth-order valence-electron chi connectivity index (χ4n) is 3.61. The van der Waals surface area contributed by atoms with Crippen LogP contribution >= 0.6 is 0 Å². The lowest BCUT2D eigenvalue weighted by Gasteiger charge is -2.45. The Labute approximate surface area is 104 Å². The van der Waals surface area contributed by atoms with E-state index in [0.717, 1.165) is 0 Å². The van der Waals surface area contributed by atoms with Crippen molar-refractivity contribution < 1.29 is 0 Å². The van der Waals surface area contributed by atoms with Crippen LogP contribution in [0.1, 0.15) is 85.0 Å². The van der Waals surface area contributed by atoms with Gasteiger partial charge in [-0.05, 0) is 11.8 Å². The van der Waals surface area contributed by atoms with Gasteiger partial charge in [0.2, 0.25) is 0 Å². The van der Waals surface area contributed by atoms with Crippen LogP contribution < -0.4 is 0 Å². The lowest BCUT2D eigenvalue weighted by atomic mass is 9.49. The summed E-state index contributed by atoms with van der Waals surface area (Å²) < 4.78 is 0. The fraction of sp³-hybridized carbons (Fsp3) is 1.00. The summed E-state index contributed by atoms with van der Waals surface area (Å²) >= 11 is 0. The van der Waals surface area contributed by atoms with E-state index in [2.05, 4.69) is 28.6 Å². The van der Waals surface area contributed by atoms with Crippen LogP contribution in [0, 0.1) is 5.41 Å². The Bertz CT molecular complexity index is 194. The van der Waals surface area contributed by atoms with Crippen molar-refractivity contribution in [2.45, 2.75) is 90.3 Å². The van der Waals surface area contributed by atoms with Gasteiger partial charge in [-0.3, -0.25) is 0 Å². The summed E-state index contributed by atoms with van der Waals surface area (Å²) in [5, 5.41) is 0.647. The van der Waals surface area contributed by atoms with Gasteiger partial charge in [-0.25, -0.2) is 0 Å². The quantitative estimate of drug-likeness (QED) is 0.431. The molecule has 0 bridgehead atoms. The van der Waals surface area contributed by atoms with E-state index in [1.165, 1.54) is 64.2 Å². The molecule has 0 heterocycles. The molecule has 0 radical (unpaired) electrons. The fourth-order valence-corrected chi connectivity index (χ4v) is 3.61. The first-order valence-corrected chi connectivity index (χ1v) is 7.58. The third-order valence-corrected chi connectivity index (χ3v) is 5.53. The van der Waals surface area contributed by atoms with Gasteiger partial charge in [-0.1, -0.05) is 83.9 Å². The van der Waals surface area contributed by atoms with E-state index in [9.17, 15) is 0 Å². The van der Waals surface area contributed by atoms with Crippen LogP contribution in [0.25, 0.3) is 0 Å². The standard InChI is InChI=1S/C15H31B/c1-4-6-7-8-11-14(3,5-2)15(16)12-9-10-13-15/h4-13,16H2,1-3H3. The molecule has 1 atom stereocenters. The molecule has 0 saturated heterocycles. The van der Waals surface area contributed by atoms with Gasteiger partial charge in [0.15, 0.2) is 0 Å². The van der Waals surface area contributed by atoms with Gasteiger partial charge in [0.25, 0.3) is 0 Å². The van der Waals surface area contributed by atoms with E-state index in [-0.39, 0.29) is 0 Å². The van der Waals surface area contributed by atoms with Crippen LogP contribution in [-0.4, -0.2) is 7.85 Å². The molecule has 16 heavy (non-hydrogen) atoms. The summed E-state index contributed by atoms with van der Waals surface area (Å²) in [4.78, 5) is 0. The summed E-state index contributed by atoms with van der Waals surface area (Å²) in [6, 6.07) is 0. The Morgan fingerprint density at radius 2 is 1.69 bits per heavy atom. The monoisotopic (exact) mass is 222 g/mol. The first-order valence-electron chi connectivity index (χ1n) is 7.58. The Kier molecular flexibility index (Phi) is 5.40. The molecule has 0 spiro atoms. The summed E-state index contributed by atoms with van der Waals surface area (Å²) in [6.07, 6.45) is 14.4. The van der Waals surface area contributed by atoms with Crippen LogP contribution in [0.15, 0.2) is 0 Å². The number of hydrogen-bond donors (Lipinski definition) is 0. The third-order valence-electron chi connectivity index (χ3n) is 5.53. The minimum atomic E-state index is 0.608. The van der Waals surface area contributed by atoms with Gasteiger partial charge in [0, 0.05) is 0 Å². The van der Waals surface area contributed by atoms with Crippen molar-refractivity contribution in [2.24, 2.45) is 5.41 Å². The molecular formula is C15H31B. The molecule has 0 aromatic carbocycles. The third kappa shape index (κ3) is 3.05. The van der Waals surface area contributed by atoms with E-state index < -0.39 is 0 Å². The molecule has 1 fully saturated rings. The predicted octanol–water partition coefficient (Wildman–Crippen LogP) is 4.74. The Balaban J connectivity index is 2.48. The van der Waals surface area contributed by atoms with Crippen LogP contribution in [0.4, 0.5) is 0 Å². The highest BCUT2D eigenvalue weighted by molar-refractivity contribution is 6.16. The summed E-state index contributed by atoms with van der Waals surface area (Å²) in [5.74, 6) is 0. The zero-order chi connectivity index (χ0) is 12.1. The lowest BCUT2D eigenvalue weighted by molar-refractivity contribution is 0.174. The van der Waals surface area contributed by atoms with Crippen LogP contribution in [0.5, 0.6) is 0 Å². The van der Waals surface area contributed by atoms with Gasteiger partial charge in [0.05, 0.1) is 0 Å². The highest BCUT2D eigenvalue weighted by Crippen LogP contribution is 2.58. The van der Waals surface area contributed by atoms with Crippen molar-refractivity contribution in [2.75, 3.05) is 0 Å². The summed E-state index contributed by atoms with van der Waals surface area (Å²) in [7, 11) is 2.56. The topological polar surface area (TPSA) is 0 Å². The Hall–Kier alpha value is 0.0649. The van der Waals surface area contributed by atoms with E-state index in [0.29, 0.717) is 10.7 Å². The molecule has 0 nitrogen and oxygen atoms in total. The highest BCUT2D eigenvalue weighted by atomic mass is 14.4. The second-order valence-electron chi connectivity index (χ2n) is 6.49. The SMILES string of the molecule is BC1(C(C)(CC)CCCCCC)CCCC1. The van der Waals surface area contributed by atoms with E-state index >= 15 is 0 Å². The zero-order valence-electron chi connectivity index (χ0n) is 12.1. The molecule has 1 aliphatic carbocycles. The van der Waals surface area contributed by atoms with Crippen molar-refractivity contribution in [1.29, 1.82) is 0 Å². The molecule has 0 aromatic heterocycles. The maximum absolute atomic E-state index is 2.56. The zero-order valence-corrected chi connectivity index (χ0v) is 12.1. The average Bonchev–Trinajstić information content (AvgIpc) is 2.73. The maximum Gasteiger partial charge on any atom is 0.110 e. The molecule has 94 valence electrons. The van der Waals surface area contributed by atoms with Crippen molar-refractivity contribution in [3.8, 4) is 0 Å². The minimum Gasteiger partial charge on any atom is -0.0654 e. The van der Waals surface area contributed by atoms with Gasteiger partial charge in [-0.15, -0.1) is 0 Å². The summed E-state index contributed by atoms with van der Waals surface area (Å²) in [5.41, 5.74) is 0.608. The van der Waals surface area contributed by atoms with Gasteiger partial charge in [0.1, 0.15) is 7.85 Å². The molecule has 1 heteroatoms. The Morgan fingerprint density at radius 3 is 2.19 bits per heavy atom. The average molecular weight is 222 g/mol. The molecule has 1 unspecified atom stereocenters. The van der Waals surface area contributed by atoms with Crippen molar-refractivity contribution >= 4 is 7.85 Å². The summed E-state index contributed by atoms with van der Waals surface area (Å²) in [6.45, 7) is 7.27. The number of hydrogen-bond acceptors (Lipinski definition) is 0. The number of rotatable bonds is 7. The van der Waals surface area contributed by atoms with Crippen LogP contribution in [-0.2, 0) is 0 Å². The second kappa shape index (κ2) is 6.12. The second-order valence-corrected chi connectivity index (χ2v) is 6.49. The number of unbranched alkanes of at least 4 members (excludes halogenated alkanes) is 3. The van der Waals surface area contributed by atoms with Gasteiger partial charge < -0.3 is 0 Å². The smallest absolute Gasteiger partial charge is 0.0654 e. The van der Waals surface area contributed by atoms with Crippen LogP contribution in [0.3, 0.4) is 0 Å². The minimum absolute atomic E-state index is 0.608. The molecule has 0 aromatic rings. The van der Waals surface area contributed by atoms with Crippen molar-refractivity contribution in [3.05, 3.63) is 0 Å². The first kappa shape index (κ1) is 14.1. The van der Waals surface area contributed by atoms with Gasteiger partial charge >= 0.3 is 0 Å². The molecule has 1 rings (SSSR count). The van der Waals surface area contributed by atoms with Gasteiger partial charge in [-0.2, -0.15) is 0 Å². The Morgan fingerprint density at radius 1 is 1.06 bits per heavy atom. The normalized spacial score (nSPS) is 23.2. The molecule has 1 aliphatic rings. The van der Waals surface area contributed by atoms with Crippen molar-refractivity contribution in [1.82, 2.24) is 0 Å². The van der Waals surface area contributed by atoms with E-state index in [4.69, 9.17) is 0 Å². The van der Waals surface area contributed by atoms with Crippen molar-refractivity contribution in [3.63, 3.8) is 0 Å². The first-order chi connectivity index (χ1) is 7.58. The van der Waals surface area contributed by atoms with E-state index in [1.54, 1.807) is 0 Å². The molecule has 0 aliphatic heterocycles. The largest absolute Gasteiger partial charge is 0.110 e.